The van der Waals surface area contributed by atoms with Crippen molar-refractivity contribution in [1.82, 2.24) is 5.32 Å². The van der Waals surface area contributed by atoms with Crippen LogP contribution in [0.3, 0.4) is 0 Å². The molecule has 2 rings (SSSR count). The van der Waals surface area contributed by atoms with E-state index >= 15 is 0 Å². The van der Waals surface area contributed by atoms with Crippen LogP contribution in [0.5, 0.6) is 0 Å². The highest BCUT2D eigenvalue weighted by molar-refractivity contribution is 5.16. The Morgan fingerprint density at radius 2 is 1.83 bits per heavy atom. The summed E-state index contributed by atoms with van der Waals surface area (Å²) in [6, 6.07) is 11.2. The average Bonchev–Trinajstić information content (AvgIpc) is 2.41. The van der Waals surface area contributed by atoms with E-state index in [-0.39, 0.29) is 12.6 Å². The summed E-state index contributed by atoms with van der Waals surface area (Å²) in [6.07, 6.45) is 6.07. The van der Waals surface area contributed by atoms with Crippen LogP contribution in [0.25, 0.3) is 0 Å². The maximum Gasteiger partial charge on any atom is 0.0587 e. The normalized spacial score (nSPS) is 25.9. The molecule has 100 valence electrons. The minimum Gasteiger partial charge on any atom is -0.395 e. The number of hydrogen-bond acceptors (Lipinski definition) is 2. The van der Waals surface area contributed by atoms with Crippen molar-refractivity contribution in [3.8, 4) is 0 Å². The van der Waals surface area contributed by atoms with Gasteiger partial charge < -0.3 is 10.4 Å². The Morgan fingerprint density at radius 3 is 2.44 bits per heavy atom. The fourth-order valence-corrected chi connectivity index (χ4v) is 2.83. The second-order valence-electron chi connectivity index (χ2n) is 5.69. The number of aliphatic hydroxyl groups excluding tert-OH is 1. The molecule has 1 atom stereocenters. The minimum atomic E-state index is 0.200. The minimum absolute atomic E-state index is 0.200. The van der Waals surface area contributed by atoms with Gasteiger partial charge in [-0.25, -0.2) is 0 Å². The van der Waals surface area contributed by atoms with Gasteiger partial charge in [0.25, 0.3) is 0 Å². The molecule has 1 aliphatic rings. The second kappa shape index (κ2) is 6.91. The van der Waals surface area contributed by atoms with Gasteiger partial charge in [-0.05, 0) is 43.6 Å². The Morgan fingerprint density at radius 1 is 1.17 bits per heavy atom. The third-order valence-electron chi connectivity index (χ3n) is 4.03. The molecule has 0 aliphatic heterocycles. The first-order chi connectivity index (χ1) is 8.78. The van der Waals surface area contributed by atoms with Gasteiger partial charge >= 0.3 is 0 Å². The highest BCUT2D eigenvalue weighted by Gasteiger charge is 2.20. The Balaban J connectivity index is 1.82. The molecule has 1 aliphatic carbocycles. The number of benzene rings is 1. The maximum absolute atomic E-state index is 9.51. The van der Waals surface area contributed by atoms with Crippen molar-refractivity contribution in [2.24, 2.45) is 5.92 Å². The summed E-state index contributed by atoms with van der Waals surface area (Å²) in [7, 11) is 0. The van der Waals surface area contributed by atoms with Crippen LogP contribution in [-0.4, -0.2) is 23.8 Å². The van der Waals surface area contributed by atoms with E-state index in [0.29, 0.717) is 6.04 Å². The Labute approximate surface area is 110 Å². The van der Waals surface area contributed by atoms with E-state index in [1.807, 2.05) is 6.07 Å². The third-order valence-corrected chi connectivity index (χ3v) is 4.03. The standard InChI is InChI=1S/C16H25NO/c1-13-7-9-15(10-8-13)17-16(12-18)11-14-5-3-2-4-6-14/h2-6,13,15-18H,7-12H2,1H3. The quantitative estimate of drug-likeness (QED) is 0.838. The maximum atomic E-state index is 9.51. The van der Waals surface area contributed by atoms with Crippen molar-refractivity contribution in [2.75, 3.05) is 6.61 Å². The topological polar surface area (TPSA) is 32.3 Å². The van der Waals surface area contributed by atoms with Gasteiger partial charge in [0, 0.05) is 12.1 Å². The van der Waals surface area contributed by atoms with Crippen LogP contribution in [0, 0.1) is 5.92 Å². The fourth-order valence-electron chi connectivity index (χ4n) is 2.83. The van der Waals surface area contributed by atoms with Crippen LogP contribution in [0.1, 0.15) is 38.2 Å². The summed E-state index contributed by atoms with van der Waals surface area (Å²) >= 11 is 0. The summed E-state index contributed by atoms with van der Waals surface area (Å²) in [5.74, 6) is 0.879. The molecular weight excluding hydrogens is 222 g/mol. The molecule has 2 N–H and O–H groups in total. The lowest BCUT2D eigenvalue weighted by Gasteiger charge is -2.30. The molecule has 0 radical (unpaired) electrons. The van der Waals surface area contributed by atoms with E-state index in [1.54, 1.807) is 0 Å². The number of nitrogens with one attached hydrogen (secondary N) is 1. The first-order valence-corrected chi connectivity index (χ1v) is 7.18. The lowest BCUT2D eigenvalue weighted by molar-refractivity contribution is 0.209. The summed E-state index contributed by atoms with van der Waals surface area (Å²) in [4.78, 5) is 0. The molecule has 0 heterocycles. The van der Waals surface area contributed by atoms with E-state index in [9.17, 15) is 5.11 Å². The average molecular weight is 247 g/mol. The van der Waals surface area contributed by atoms with Crippen molar-refractivity contribution in [2.45, 2.75) is 51.1 Å². The number of aliphatic hydroxyl groups is 1. The van der Waals surface area contributed by atoms with Gasteiger partial charge in [-0.2, -0.15) is 0 Å². The zero-order valence-corrected chi connectivity index (χ0v) is 11.3. The van der Waals surface area contributed by atoms with Crippen molar-refractivity contribution in [1.29, 1.82) is 0 Å². The predicted octanol–water partition coefficient (Wildman–Crippen LogP) is 2.76. The fraction of sp³-hybridized carbons (Fsp3) is 0.625. The monoisotopic (exact) mass is 247 g/mol. The largest absolute Gasteiger partial charge is 0.395 e. The highest BCUT2D eigenvalue weighted by Crippen LogP contribution is 2.23. The van der Waals surface area contributed by atoms with Gasteiger partial charge in [-0.1, -0.05) is 37.3 Å². The first-order valence-electron chi connectivity index (χ1n) is 7.18. The molecule has 18 heavy (non-hydrogen) atoms. The summed E-state index contributed by atoms with van der Waals surface area (Å²) in [6.45, 7) is 2.56. The molecule has 1 saturated carbocycles. The molecule has 1 aromatic rings. The molecule has 0 spiro atoms. The van der Waals surface area contributed by atoms with Crippen LogP contribution in [0.2, 0.25) is 0 Å². The Bertz CT molecular complexity index is 330. The van der Waals surface area contributed by atoms with Crippen LogP contribution in [-0.2, 0) is 6.42 Å². The molecule has 0 aromatic heterocycles. The molecule has 2 heteroatoms. The van der Waals surface area contributed by atoms with Gasteiger partial charge in [-0.3, -0.25) is 0 Å². The van der Waals surface area contributed by atoms with Crippen LogP contribution >= 0.6 is 0 Å². The SMILES string of the molecule is CC1CCC(NC(CO)Cc2ccccc2)CC1. The lowest BCUT2D eigenvalue weighted by atomic mass is 9.87. The highest BCUT2D eigenvalue weighted by atomic mass is 16.3. The number of rotatable bonds is 5. The van der Waals surface area contributed by atoms with Crippen molar-refractivity contribution >= 4 is 0 Å². The van der Waals surface area contributed by atoms with Gasteiger partial charge in [-0.15, -0.1) is 0 Å². The summed E-state index contributed by atoms with van der Waals surface area (Å²) in [5, 5.41) is 13.1. The van der Waals surface area contributed by atoms with Crippen LogP contribution < -0.4 is 5.32 Å². The van der Waals surface area contributed by atoms with E-state index < -0.39 is 0 Å². The molecule has 0 bridgehead atoms. The second-order valence-corrected chi connectivity index (χ2v) is 5.69. The van der Waals surface area contributed by atoms with Crippen molar-refractivity contribution in [3.63, 3.8) is 0 Å². The zero-order chi connectivity index (χ0) is 12.8. The molecule has 0 saturated heterocycles. The van der Waals surface area contributed by atoms with E-state index in [1.165, 1.54) is 31.2 Å². The molecule has 1 fully saturated rings. The molecular formula is C16H25NO. The van der Waals surface area contributed by atoms with E-state index in [4.69, 9.17) is 0 Å². The molecule has 1 unspecified atom stereocenters. The molecule has 1 aromatic carbocycles. The van der Waals surface area contributed by atoms with Gasteiger partial charge in [0.2, 0.25) is 0 Å². The van der Waals surface area contributed by atoms with E-state index in [0.717, 1.165) is 12.3 Å². The molecule has 2 nitrogen and oxygen atoms in total. The Hall–Kier alpha value is -0.860. The van der Waals surface area contributed by atoms with Gasteiger partial charge in [0.15, 0.2) is 0 Å². The van der Waals surface area contributed by atoms with Gasteiger partial charge in [0.05, 0.1) is 6.61 Å². The summed E-state index contributed by atoms with van der Waals surface area (Å²) in [5.41, 5.74) is 1.30. The third kappa shape index (κ3) is 4.11. The van der Waals surface area contributed by atoms with Crippen LogP contribution in [0.15, 0.2) is 30.3 Å². The summed E-state index contributed by atoms with van der Waals surface area (Å²) < 4.78 is 0. The van der Waals surface area contributed by atoms with E-state index in [2.05, 4.69) is 36.5 Å². The first kappa shape index (κ1) is 13.6. The van der Waals surface area contributed by atoms with Crippen molar-refractivity contribution < 1.29 is 5.11 Å². The molecule has 0 amide bonds. The smallest absolute Gasteiger partial charge is 0.0587 e. The lowest BCUT2D eigenvalue weighted by Crippen LogP contribution is -2.43. The number of hydrogen-bond donors (Lipinski definition) is 2. The van der Waals surface area contributed by atoms with Crippen LogP contribution in [0.4, 0.5) is 0 Å². The van der Waals surface area contributed by atoms with Gasteiger partial charge in [0.1, 0.15) is 0 Å². The Kier molecular flexibility index (Phi) is 5.21. The van der Waals surface area contributed by atoms with Crippen molar-refractivity contribution in [3.05, 3.63) is 35.9 Å². The predicted molar refractivity (Wildman–Crippen MR) is 75.6 cm³/mol. The zero-order valence-electron chi connectivity index (χ0n) is 11.3.